The Morgan fingerprint density at radius 2 is 0.456 bits per heavy atom. The smallest absolute Gasteiger partial charge is 0.306 e. The average Bonchev–Trinajstić information content (AvgIpc) is 3.45. The Hall–Kier alpha value is -2.37. The van der Waals surface area contributed by atoms with Crippen molar-refractivity contribution in [3.05, 3.63) is 36.5 Å². The van der Waals surface area contributed by atoms with E-state index >= 15 is 0 Å². The number of ether oxygens (including phenoxy) is 3. The topological polar surface area (TPSA) is 78.9 Å². The molecule has 0 bridgehead atoms. The molecule has 0 aliphatic rings. The summed E-state index contributed by atoms with van der Waals surface area (Å²) in [7, 11) is 0. The van der Waals surface area contributed by atoms with E-state index < -0.39 is 6.10 Å². The fourth-order valence-electron chi connectivity index (χ4n) is 10.8. The molecule has 1 unspecified atom stereocenters. The predicted molar refractivity (Wildman–Crippen MR) is 344 cm³/mol. The van der Waals surface area contributed by atoms with Gasteiger partial charge in [0.2, 0.25) is 0 Å². The lowest BCUT2D eigenvalue weighted by molar-refractivity contribution is -0.167. The van der Waals surface area contributed by atoms with Crippen molar-refractivity contribution in [3.63, 3.8) is 0 Å². The maximum atomic E-state index is 12.9. The molecule has 0 saturated carbocycles. The molecular formula is C73H136O6. The maximum absolute atomic E-state index is 12.9. The first kappa shape index (κ1) is 76.6. The second kappa shape index (κ2) is 68.1. The van der Waals surface area contributed by atoms with Crippen molar-refractivity contribution in [2.45, 2.75) is 399 Å². The molecule has 464 valence electrons. The standard InChI is InChI=1S/C73H136O6/c1-4-7-10-13-16-19-22-25-28-31-32-33-34-35-36-37-38-39-40-43-45-48-51-54-57-60-63-66-72(75)78-69-70(79-73(76)67-64-61-58-55-52-49-46-42-30-27-24-21-18-15-12-9-6-3)68-77-71(74)65-62-59-56-53-50-47-44-41-29-26-23-20-17-14-11-8-5-2/h22,25,31-32,34-35,70H,4-21,23-24,26-30,33,36-69H2,1-3H3/b25-22-,32-31-,35-34-. The van der Waals surface area contributed by atoms with E-state index in [1.54, 1.807) is 0 Å². The van der Waals surface area contributed by atoms with Crippen LogP contribution in [0, 0.1) is 0 Å². The minimum Gasteiger partial charge on any atom is -0.462 e. The van der Waals surface area contributed by atoms with E-state index in [-0.39, 0.29) is 31.1 Å². The van der Waals surface area contributed by atoms with Crippen LogP contribution in [-0.4, -0.2) is 37.2 Å². The van der Waals surface area contributed by atoms with Gasteiger partial charge in [0, 0.05) is 19.3 Å². The van der Waals surface area contributed by atoms with Crippen LogP contribution in [0.2, 0.25) is 0 Å². The molecule has 6 nitrogen and oxygen atoms in total. The van der Waals surface area contributed by atoms with Gasteiger partial charge in [-0.05, 0) is 57.8 Å². The third-order valence-corrected chi connectivity index (χ3v) is 16.1. The Kier molecular flexibility index (Phi) is 66.1. The minimum absolute atomic E-state index is 0.0657. The molecular weight excluding hydrogens is 973 g/mol. The molecule has 0 fully saturated rings. The van der Waals surface area contributed by atoms with E-state index in [0.717, 1.165) is 70.6 Å². The summed E-state index contributed by atoms with van der Waals surface area (Å²) in [5.74, 6) is -0.835. The fourth-order valence-corrected chi connectivity index (χ4v) is 10.8. The van der Waals surface area contributed by atoms with Crippen molar-refractivity contribution in [1.82, 2.24) is 0 Å². The van der Waals surface area contributed by atoms with Crippen LogP contribution >= 0.6 is 0 Å². The Balaban J connectivity index is 4.26. The van der Waals surface area contributed by atoms with Crippen molar-refractivity contribution in [1.29, 1.82) is 0 Å². The van der Waals surface area contributed by atoms with Gasteiger partial charge in [-0.15, -0.1) is 0 Å². The number of hydrogen-bond acceptors (Lipinski definition) is 6. The number of carbonyl (C=O) groups excluding carboxylic acids is 3. The molecule has 0 radical (unpaired) electrons. The maximum Gasteiger partial charge on any atom is 0.306 e. The molecule has 0 aromatic rings. The first-order valence-corrected chi connectivity index (χ1v) is 35.5. The van der Waals surface area contributed by atoms with E-state index in [4.69, 9.17) is 14.2 Å². The third kappa shape index (κ3) is 66.3. The van der Waals surface area contributed by atoms with Gasteiger partial charge in [0.25, 0.3) is 0 Å². The van der Waals surface area contributed by atoms with Crippen LogP contribution in [-0.2, 0) is 28.6 Å². The molecule has 0 N–H and O–H groups in total. The highest BCUT2D eigenvalue weighted by molar-refractivity contribution is 5.71. The van der Waals surface area contributed by atoms with Gasteiger partial charge in [-0.3, -0.25) is 14.4 Å². The summed E-state index contributed by atoms with van der Waals surface area (Å²) >= 11 is 0. The zero-order chi connectivity index (χ0) is 57.1. The lowest BCUT2D eigenvalue weighted by Crippen LogP contribution is -2.30. The fraction of sp³-hybridized carbons (Fsp3) is 0.877. The Bertz CT molecular complexity index is 1320. The summed E-state index contributed by atoms with van der Waals surface area (Å²) in [6, 6.07) is 0. The monoisotopic (exact) mass is 1110 g/mol. The van der Waals surface area contributed by atoms with Gasteiger partial charge in [0.05, 0.1) is 0 Å². The molecule has 0 amide bonds. The van der Waals surface area contributed by atoms with E-state index in [2.05, 4.69) is 57.2 Å². The van der Waals surface area contributed by atoms with Gasteiger partial charge in [-0.1, -0.05) is 353 Å². The van der Waals surface area contributed by atoms with Crippen molar-refractivity contribution in [2.24, 2.45) is 0 Å². The number of rotatable bonds is 66. The first-order chi connectivity index (χ1) is 39.0. The summed E-state index contributed by atoms with van der Waals surface area (Å²) < 4.78 is 17.0. The molecule has 79 heavy (non-hydrogen) atoms. The van der Waals surface area contributed by atoms with Crippen molar-refractivity contribution in [2.75, 3.05) is 13.2 Å². The van der Waals surface area contributed by atoms with Gasteiger partial charge in [0.1, 0.15) is 13.2 Å². The first-order valence-electron chi connectivity index (χ1n) is 35.5. The van der Waals surface area contributed by atoms with Gasteiger partial charge < -0.3 is 14.2 Å². The van der Waals surface area contributed by atoms with Crippen LogP contribution in [0.15, 0.2) is 36.5 Å². The molecule has 0 heterocycles. The average molecular weight is 1110 g/mol. The Morgan fingerprint density at radius 1 is 0.253 bits per heavy atom. The second-order valence-electron chi connectivity index (χ2n) is 24.2. The molecule has 1 atom stereocenters. The molecule has 0 aromatic heterocycles. The Morgan fingerprint density at radius 3 is 0.709 bits per heavy atom. The molecule has 0 aromatic carbocycles. The van der Waals surface area contributed by atoms with E-state index in [0.29, 0.717) is 19.3 Å². The van der Waals surface area contributed by atoms with E-state index in [1.165, 1.54) is 283 Å². The van der Waals surface area contributed by atoms with Gasteiger partial charge in [-0.25, -0.2) is 0 Å². The lowest BCUT2D eigenvalue weighted by atomic mass is 10.0. The molecule has 0 aliphatic heterocycles. The SMILES string of the molecule is CCCCCCC/C=C\C/C=C\C/C=C\CCCCCCCCCCCCCCC(=O)OCC(COC(=O)CCCCCCCCCCCCCCCCCCC)OC(=O)CCCCCCCCCCCCCCCCCCC. The molecule has 6 heteroatoms. The zero-order valence-electron chi connectivity index (χ0n) is 53.4. The summed E-state index contributed by atoms with van der Waals surface area (Å²) in [5, 5.41) is 0. The lowest BCUT2D eigenvalue weighted by Gasteiger charge is -2.18. The van der Waals surface area contributed by atoms with Crippen LogP contribution in [0.5, 0.6) is 0 Å². The molecule has 0 saturated heterocycles. The van der Waals surface area contributed by atoms with Crippen molar-refractivity contribution < 1.29 is 28.6 Å². The highest BCUT2D eigenvalue weighted by Gasteiger charge is 2.19. The number of carbonyl (C=O) groups is 3. The highest BCUT2D eigenvalue weighted by Crippen LogP contribution is 2.19. The van der Waals surface area contributed by atoms with Crippen LogP contribution < -0.4 is 0 Å². The van der Waals surface area contributed by atoms with Gasteiger partial charge in [-0.2, -0.15) is 0 Å². The number of hydrogen-bond donors (Lipinski definition) is 0. The summed E-state index contributed by atoms with van der Waals surface area (Å²) in [4.78, 5) is 38.5. The number of unbranched alkanes of at least 4 members (excludes halogenated alkanes) is 49. The van der Waals surface area contributed by atoms with Gasteiger partial charge >= 0.3 is 17.9 Å². The predicted octanol–water partition coefficient (Wildman–Crippen LogP) is 24.3. The van der Waals surface area contributed by atoms with Crippen molar-refractivity contribution >= 4 is 17.9 Å². The van der Waals surface area contributed by atoms with Crippen LogP contribution in [0.4, 0.5) is 0 Å². The Labute approximate surface area is 493 Å². The summed E-state index contributed by atoms with van der Waals surface area (Å²) in [6.07, 6.45) is 84.5. The largest absolute Gasteiger partial charge is 0.462 e. The van der Waals surface area contributed by atoms with E-state index in [9.17, 15) is 14.4 Å². The zero-order valence-corrected chi connectivity index (χ0v) is 53.4. The summed E-state index contributed by atoms with van der Waals surface area (Å²) in [6.45, 7) is 6.71. The normalized spacial score (nSPS) is 12.2. The number of esters is 3. The van der Waals surface area contributed by atoms with Crippen molar-refractivity contribution in [3.8, 4) is 0 Å². The highest BCUT2D eigenvalue weighted by atomic mass is 16.6. The molecule has 0 aliphatic carbocycles. The third-order valence-electron chi connectivity index (χ3n) is 16.1. The van der Waals surface area contributed by atoms with Crippen LogP contribution in [0.3, 0.4) is 0 Å². The number of allylic oxidation sites excluding steroid dienone is 6. The summed E-state index contributed by atoms with van der Waals surface area (Å²) in [5.41, 5.74) is 0. The van der Waals surface area contributed by atoms with Crippen LogP contribution in [0.1, 0.15) is 393 Å². The molecule has 0 spiro atoms. The molecule has 0 rings (SSSR count). The van der Waals surface area contributed by atoms with Crippen LogP contribution in [0.25, 0.3) is 0 Å². The quantitative estimate of drug-likeness (QED) is 0.0261. The van der Waals surface area contributed by atoms with Gasteiger partial charge in [0.15, 0.2) is 6.10 Å². The second-order valence-corrected chi connectivity index (χ2v) is 24.2. The minimum atomic E-state index is -0.770. The van der Waals surface area contributed by atoms with E-state index in [1.807, 2.05) is 0 Å².